The largest absolute Gasteiger partial charge is 0.357 e. The van der Waals surface area contributed by atoms with Crippen LogP contribution in [0.2, 0.25) is 0 Å². The maximum absolute atomic E-state index is 12.2. The van der Waals surface area contributed by atoms with Crippen molar-refractivity contribution in [3.63, 3.8) is 0 Å². The zero-order valence-corrected chi connectivity index (χ0v) is 19.9. The number of likely N-dealkylation sites (tertiary alicyclic amines) is 1. The fourth-order valence-corrected chi connectivity index (χ4v) is 3.87. The van der Waals surface area contributed by atoms with Crippen LogP contribution in [0.15, 0.2) is 53.5 Å². The summed E-state index contributed by atoms with van der Waals surface area (Å²) in [6, 6.07) is 16.0. The summed E-state index contributed by atoms with van der Waals surface area (Å²) >= 11 is 0. The molecule has 0 bridgehead atoms. The summed E-state index contributed by atoms with van der Waals surface area (Å²) < 4.78 is 0. The zero-order valence-electron chi connectivity index (χ0n) is 19.9. The van der Waals surface area contributed by atoms with Crippen molar-refractivity contribution in [3.05, 3.63) is 70.8 Å². The minimum atomic E-state index is 0.0102. The number of amides is 2. The molecule has 7 nitrogen and oxygen atoms in total. The molecule has 2 aromatic carbocycles. The number of benzene rings is 2. The van der Waals surface area contributed by atoms with E-state index in [2.05, 4.69) is 28.8 Å². The van der Waals surface area contributed by atoms with Gasteiger partial charge in [-0.1, -0.05) is 36.4 Å². The Morgan fingerprint density at radius 3 is 2.55 bits per heavy atom. The number of rotatable bonds is 9. The predicted octanol–water partition coefficient (Wildman–Crippen LogP) is 2.81. The first-order valence-corrected chi connectivity index (χ1v) is 11.6. The molecule has 33 heavy (non-hydrogen) atoms. The van der Waals surface area contributed by atoms with Crippen LogP contribution in [0, 0.1) is 0 Å². The van der Waals surface area contributed by atoms with Gasteiger partial charge in [-0.05, 0) is 48.6 Å². The van der Waals surface area contributed by atoms with Crippen LogP contribution in [-0.2, 0) is 24.3 Å². The molecule has 1 aliphatic rings. The summed E-state index contributed by atoms with van der Waals surface area (Å²) in [5.74, 6) is 1.02. The van der Waals surface area contributed by atoms with E-state index < -0.39 is 0 Å². The molecule has 1 heterocycles. The highest BCUT2D eigenvalue weighted by Crippen LogP contribution is 2.15. The van der Waals surface area contributed by atoms with Gasteiger partial charge >= 0.3 is 0 Å². The van der Waals surface area contributed by atoms with Crippen molar-refractivity contribution in [3.8, 4) is 0 Å². The molecule has 0 saturated carbocycles. The van der Waals surface area contributed by atoms with E-state index >= 15 is 0 Å². The van der Waals surface area contributed by atoms with E-state index in [0.29, 0.717) is 31.6 Å². The van der Waals surface area contributed by atoms with Crippen LogP contribution in [0.3, 0.4) is 0 Å². The molecular formula is C26H35N5O2. The lowest BCUT2D eigenvalue weighted by Crippen LogP contribution is -2.38. The van der Waals surface area contributed by atoms with Crippen LogP contribution >= 0.6 is 0 Å². The van der Waals surface area contributed by atoms with Gasteiger partial charge in [-0.25, -0.2) is 4.99 Å². The number of carbonyl (C=O) groups is 2. The highest BCUT2D eigenvalue weighted by atomic mass is 16.2. The molecule has 2 aromatic rings. The Morgan fingerprint density at radius 2 is 1.82 bits per heavy atom. The van der Waals surface area contributed by atoms with Crippen LogP contribution < -0.4 is 10.6 Å². The Balaban J connectivity index is 1.55. The van der Waals surface area contributed by atoms with Gasteiger partial charge in [0.2, 0.25) is 5.91 Å². The van der Waals surface area contributed by atoms with Crippen LogP contribution in [0.5, 0.6) is 0 Å². The molecule has 0 spiro atoms. The number of carbonyl (C=O) groups excluding carboxylic acids is 2. The van der Waals surface area contributed by atoms with E-state index in [-0.39, 0.29) is 11.8 Å². The average molecular weight is 450 g/mol. The van der Waals surface area contributed by atoms with Crippen molar-refractivity contribution in [2.45, 2.75) is 39.3 Å². The van der Waals surface area contributed by atoms with Crippen molar-refractivity contribution >= 4 is 17.8 Å². The van der Waals surface area contributed by atoms with Crippen LogP contribution in [-0.4, -0.2) is 61.3 Å². The summed E-state index contributed by atoms with van der Waals surface area (Å²) in [5, 5.41) is 6.67. The second kappa shape index (κ2) is 12.0. The summed E-state index contributed by atoms with van der Waals surface area (Å²) in [6.07, 6.45) is 2.41. The maximum Gasteiger partial charge on any atom is 0.253 e. The minimum Gasteiger partial charge on any atom is -0.357 e. The lowest BCUT2D eigenvalue weighted by atomic mass is 10.1. The molecule has 1 fully saturated rings. The molecule has 3 rings (SSSR count). The van der Waals surface area contributed by atoms with Gasteiger partial charge in [-0.15, -0.1) is 0 Å². The Kier molecular flexibility index (Phi) is 8.87. The standard InChI is InChI=1S/C26H35N5O2/c1-4-27-26(28-14-13-20-8-6-11-23(17-20)25(33)30(2)3)29-18-21-9-5-10-22(16-21)19-31-15-7-12-24(31)32/h5-6,8-11,16-17H,4,7,12-15,18-19H2,1-3H3,(H2,27,28,29). The first kappa shape index (κ1) is 24.3. The number of guanidine groups is 1. The van der Waals surface area contributed by atoms with Crippen molar-refractivity contribution in [2.24, 2.45) is 4.99 Å². The predicted molar refractivity (Wildman–Crippen MR) is 132 cm³/mol. The zero-order chi connectivity index (χ0) is 23.6. The van der Waals surface area contributed by atoms with Crippen molar-refractivity contribution < 1.29 is 9.59 Å². The SMILES string of the molecule is CCNC(=NCc1cccc(CN2CCCC2=O)c1)NCCc1cccc(C(=O)N(C)C)c1. The molecular weight excluding hydrogens is 414 g/mol. The summed E-state index contributed by atoms with van der Waals surface area (Å²) in [5.41, 5.74) is 4.07. The van der Waals surface area contributed by atoms with Crippen molar-refractivity contribution in [2.75, 3.05) is 33.7 Å². The second-order valence-electron chi connectivity index (χ2n) is 8.51. The van der Waals surface area contributed by atoms with E-state index in [1.165, 1.54) is 0 Å². The maximum atomic E-state index is 12.2. The van der Waals surface area contributed by atoms with Gasteiger partial charge in [0.1, 0.15) is 0 Å². The van der Waals surface area contributed by atoms with E-state index in [4.69, 9.17) is 4.99 Å². The molecule has 0 aromatic heterocycles. The lowest BCUT2D eigenvalue weighted by Gasteiger charge is -2.16. The molecule has 1 saturated heterocycles. The van der Waals surface area contributed by atoms with Gasteiger partial charge in [0.15, 0.2) is 5.96 Å². The highest BCUT2D eigenvalue weighted by molar-refractivity contribution is 5.94. The summed E-state index contributed by atoms with van der Waals surface area (Å²) in [7, 11) is 3.52. The first-order chi connectivity index (χ1) is 16.0. The van der Waals surface area contributed by atoms with Gasteiger partial charge in [-0.3, -0.25) is 9.59 Å². The number of nitrogens with zero attached hydrogens (tertiary/aromatic N) is 3. The third-order valence-corrected chi connectivity index (χ3v) is 5.59. The fourth-order valence-electron chi connectivity index (χ4n) is 3.87. The van der Waals surface area contributed by atoms with Gasteiger partial charge in [0.05, 0.1) is 6.54 Å². The van der Waals surface area contributed by atoms with E-state index in [0.717, 1.165) is 48.6 Å². The van der Waals surface area contributed by atoms with Gasteiger partial charge < -0.3 is 20.4 Å². The number of hydrogen-bond acceptors (Lipinski definition) is 3. The minimum absolute atomic E-state index is 0.0102. The second-order valence-corrected chi connectivity index (χ2v) is 8.51. The quantitative estimate of drug-likeness (QED) is 0.456. The van der Waals surface area contributed by atoms with E-state index in [9.17, 15) is 9.59 Å². The number of aliphatic imine (C=N–C) groups is 1. The molecule has 0 aliphatic carbocycles. The molecule has 2 amide bonds. The molecule has 7 heteroatoms. The Hall–Kier alpha value is -3.35. The molecule has 1 aliphatic heterocycles. The molecule has 2 N–H and O–H groups in total. The number of nitrogens with one attached hydrogen (secondary N) is 2. The van der Waals surface area contributed by atoms with Crippen LogP contribution in [0.4, 0.5) is 0 Å². The van der Waals surface area contributed by atoms with Crippen LogP contribution in [0.1, 0.15) is 46.8 Å². The summed E-state index contributed by atoms with van der Waals surface area (Å²) in [6.45, 7) is 5.61. The smallest absolute Gasteiger partial charge is 0.253 e. The number of hydrogen-bond donors (Lipinski definition) is 2. The summed E-state index contributed by atoms with van der Waals surface area (Å²) in [4.78, 5) is 32.3. The average Bonchev–Trinajstić information content (AvgIpc) is 3.21. The molecule has 0 atom stereocenters. The van der Waals surface area contributed by atoms with E-state index in [1.54, 1.807) is 19.0 Å². The normalized spacial score (nSPS) is 13.8. The first-order valence-electron chi connectivity index (χ1n) is 11.6. The third-order valence-electron chi connectivity index (χ3n) is 5.59. The van der Waals surface area contributed by atoms with Crippen LogP contribution in [0.25, 0.3) is 0 Å². The van der Waals surface area contributed by atoms with E-state index in [1.807, 2.05) is 42.2 Å². The van der Waals surface area contributed by atoms with Gasteiger partial charge in [0, 0.05) is 52.3 Å². The highest BCUT2D eigenvalue weighted by Gasteiger charge is 2.19. The molecule has 0 radical (unpaired) electrons. The molecule has 0 unspecified atom stereocenters. The van der Waals surface area contributed by atoms with Crippen molar-refractivity contribution in [1.82, 2.24) is 20.4 Å². The third kappa shape index (κ3) is 7.34. The lowest BCUT2D eigenvalue weighted by molar-refractivity contribution is -0.128. The van der Waals surface area contributed by atoms with Gasteiger partial charge in [0.25, 0.3) is 5.91 Å². The monoisotopic (exact) mass is 449 g/mol. The Bertz CT molecular complexity index is 986. The van der Waals surface area contributed by atoms with Crippen molar-refractivity contribution in [1.29, 1.82) is 0 Å². The van der Waals surface area contributed by atoms with Gasteiger partial charge in [-0.2, -0.15) is 0 Å². The Labute approximate surface area is 196 Å². The topological polar surface area (TPSA) is 77.0 Å². The fraction of sp³-hybridized carbons (Fsp3) is 0.423. The molecule has 176 valence electrons. The Morgan fingerprint density at radius 1 is 1.06 bits per heavy atom.